The van der Waals surface area contributed by atoms with E-state index in [-0.39, 0.29) is 11.1 Å². The van der Waals surface area contributed by atoms with E-state index >= 15 is 0 Å². The molecule has 2 amide bonds. The van der Waals surface area contributed by atoms with Gasteiger partial charge in [-0.05, 0) is 41.5 Å². The topological polar surface area (TPSA) is 44.1 Å². The number of carbonyl (C=O) groups is 1. The van der Waals surface area contributed by atoms with Crippen molar-refractivity contribution in [2.75, 3.05) is 0 Å². The molecule has 3 nitrogen and oxygen atoms in total. The van der Waals surface area contributed by atoms with E-state index in [1.54, 1.807) is 4.90 Å². The van der Waals surface area contributed by atoms with Crippen LogP contribution in [0.1, 0.15) is 41.5 Å². The minimum absolute atomic E-state index is 0.281. The summed E-state index contributed by atoms with van der Waals surface area (Å²) in [5.41, 5.74) is 6.57. The molecule has 0 unspecified atom stereocenters. The first-order valence-corrected chi connectivity index (χ1v) is 4.12. The summed E-state index contributed by atoms with van der Waals surface area (Å²) in [6.07, 6.45) is 0. The van der Waals surface area contributed by atoms with Gasteiger partial charge in [0.15, 0.2) is 0 Å². The van der Waals surface area contributed by atoms with E-state index in [1.807, 2.05) is 41.5 Å². The van der Waals surface area contributed by atoms with Gasteiger partial charge in [0.25, 0.3) is 0 Å². The lowest BCUT2D eigenvalue weighted by atomic mass is 9.97. The fourth-order valence-electron chi connectivity index (χ4n) is 1.62. The van der Waals surface area contributed by atoms with Gasteiger partial charge in [-0.1, -0.05) is 0 Å². The van der Waals surface area contributed by atoms with Crippen LogP contribution in [0.15, 0.2) is 0 Å². The predicted molar refractivity (Wildman–Crippen MR) is 49.8 cm³/mol. The van der Waals surface area contributed by atoms with Gasteiger partial charge in [-0.15, -0.1) is 0 Å². The number of urea groups is 1. The first kappa shape index (κ1) is 11.3. The second-order valence-electron chi connectivity index (χ2n) is 4.98. The van der Waals surface area contributed by atoms with Gasteiger partial charge in [-0.2, -0.15) is 0 Å². The Balaban J connectivity index is 4.82. The van der Waals surface area contributed by atoms with Gasteiger partial charge in [-0.3, -0.25) is 0 Å². The molecule has 0 aliphatic carbocycles. The van der Waals surface area contributed by atoms with Crippen LogP contribution in [0.25, 0.3) is 0 Å². The third-order valence-corrected chi connectivity index (χ3v) is 1.54. The molecule has 0 aromatic rings. The van der Waals surface area contributed by atoms with Gasteiger partial charge in [0, 0.05) is 11.1 Å². The second-order valence-corrected chi connectivity index (χ2v) is 4.98. The Hall–Kier alpha value is -0.730. The van der Waals surface area contributed by atoms with Crippen molar-refractivity contribution in [1.29, 1.82) is 0 Å². The molecular weight excluding hydrogens is 152 g/mol. The number of nitrogens with zero attached hydrogens (tertiary/aromatic N) is 1. The molecule has 0 spiro atoms. The fraction of sp³-hybridized carbons (Fsp3) is 0.889. The Labute approximate surface area is 74.9 Å². The van der Waals surface area contributed by atoms with Crippen molar-refractivity contribution in [3.05, 3.63) is 0 Å². The van der Waals surface area contributed by atoms with Crippen molar-refractivity contribution in [3.63, 3.8) is 0 Å². The van der Waals surface area contributed by atoms with E-state index < -0.39 is 6.03 Å². The molecule has 0 aromatic heterocycles. The summed E-state index contributed by atoms with van der Waals surface area (Å²) in [7, 11) is 0. The van der Waals surface area contributed by atoms with Crippen molar-refractivity contribution in [2.45, 2.75) is 52.6 Å². The smallest absolute Gasteiger partial charge is 0.314 e. The lowest BCUT2D eigenvalue weighted by Crippen LogP contribution is -2.55. The molecule has 0 atom stereocenters. The number of hydrogen-bond acceptors (Lipinski definition) is 1. The summed E-state index contributed by atoms with van der Waals surface area (Å²) in [6.45, 7) is 11.6. The van der Waals surface area contributed by atoms with E-state index in [9.17, 15) is 4.79 Å². The summed E-state index contributed by atoms with van der Waals surface area (Å²) in [6, 6.07) is -0.616. The lowest BCUT2D eigenvalue weighted by Gasteiger charge is -2.43. The Bertz CT molecular complexity index is 160. The highest BCUT2D eigenvalue weighted by Crippen LogP contribution is 2.24. The van der Waals surface area contributed by atoms with Gasteiger partial charge < -0.3 is 4.90 Å². The standard InChI is InChI=1S/C9H19N2O/c1-8(2,3)11(7(10)12)9(4,5)6/h10H,1-6H3. The van der Waals surface area contributed by atoms with Crippen LogP contribution >= 0.6 is 0 Å². The van der Waals surface area contributed by atoms with Crippen molar-refractivity contribution < 1.29 is 4.79 Å². The second kappa shape index (κ2) is 2.96. The number of amides is 2. The van der Waals surface area contributed by atoms with Crippen LogP contribution in [0.5, 0.6) is 0 Å². The van der Waals surface area contributed by atoms with Crippen LogP contribution in [-0.2, 0) is 0 Å². The van der Waals surface area contributed by atoms with Gasteiger partial charge in [-0.25, -0.2) is 10.5 Å². The Morgan fingerprint density at radius 3 is 1.25 bits per heavy atom. The molecule has 0 fully saturated rings. The van der Waals surface area contributed by atoms with Crippen LogP contribution in [0.4, 0.5) is 4.79 Å². The van der Waals surface area contributed by atoms with E-state index in [2.05, 4.69) is 0 Å². The molecule has 12 heavy (non-hydrogen) atoms. The summed E-state index contributed by atoms with van der Waals surface area (Å²) < 4.78 is 0. The minimum Gasteiger partial charge on any atom is -0.314 e. The molecule has 1 N–H and O–H groups in total. The Kier molecular flexibility index (Phi) is 2.78. The molecule has 0 heterocycles. The highest BCUT2D eigenvalue weighted by atomic mass is 16.2. The third kappa shape index (κ3) is 2.72. The highest BCUT2D eigenvalue weighted by Gasteiger charge is 2.34. The van der Waals surface area contributed by atoms with Crippen LogP contribution in [-0.4, -0.2) is 22.0 Å². The van der Waals surface area contributed by atoms with Crippen LogP contribution in [0.3, 0.4) is 0 Å². The summed E-state index contributed by atoms with van der Waals surface area (Å²) >= 11 is 0. The molecule has 0 aliphatic rings. The average molecular weight is 171 g/mol. The molecule has 0 saturated heterocycles. The first-order chi connectivity index (χ1) is 5.07. The summed E-state index contributed by atoms with van der Waals surface area (Å²) in [4.78, 5) is 12.6. The molecule has 0 bridgehead atoms. The van der Waals surface area contributed by atoms with E-state index in [4.69, 9.17) is 5.73 Å². The maximum absolute atomic E-state index is 11.0. The largest absolute Gasteiger partial charge is 0.337 e. The van der Waals surface area contributed by atoms with Crippen molar-refractivity contribution >= 4 is 6.03 Å². The predicted octanol–water partition coefficient (Wildman–Crippen LogP) is 2.29. The van der Waals surface area contributed by atoms with Crippen LogP contribution in [0.2, 0.25) is 0 Å². The van der Waals surface area contributed by atoms with Crippen LogP contribution in [0, 0.1) is 0 Å². The van der Waals surface area contributed by atoms with Gasteiger partial charge in [0.05, 0.1) is 0 Å². The molecule has 71 valence electrons. The fourth-order valence-corrected chi connectivity index (χ4v) is 1.62. The van der Waals surface area contributed by atoms with Crippen molar-refractivity contribution in [2.24, 2.45) is 0 Å². The molecular formula is C9H19N2O. The monoisotopic (exact) mass is 171 g/mol. The summed E-state index contributed by atoms with van der Waals surface area (Å²) in [5, 5.41) is 0. The molecule has 1 radical (unpaired) electrons. The van der Waals surface area contributed by atoms with E-state index in [1.165, 1.54) is 0 Å². The number of carbonyl (C=O) groups excluding carboxylic acids is 1. The third-order valence-electron chi connectivity index (χ3n) is 1.54. The van der Waals surface area contributed by atoms with Gasteiger partial charge in [0.1, 0.15) is 0 Å². The number of hydrogen-bond donors (Lipinski definition) is 0. The maximum atomic E-state index is 11.0. The quantitative estimate of drug-likeness (QED) is 0.551. The molecule has 3 heteroatoms. The zero-order valence-corrected chi connectivity index (χ0v) is 8.86. The highest BCUT2D eigenvalue weighted by molar-refractivity contribution is 5.72. The normalized spacial score (nSPS) is 12.8. The SMILES string of the molecule is CC(C)(C)N(C([NH])=O)C(C)(C)C. The Morgan fingerprint density at radius 2 is 1.25 bits per heavy atom. The van der Waals surface area contributed by atoms with Gasteiger partial charge >= 0.3 is 6.03 Å². The zero-order valence-electron chi connectivity index (χ0n) is 8.86. The van der Waals surface area contributed by atoms with E-state index in [0.717, 1.165) is 0 Å². The van der Waals surface area contributed by atoms with E-state index in [0.29, 0.717) is 0 Å². The minimum atomic E-state index is -0.616. The zero-order chi connectivity index (χ0) is 10.2. The van der Waals surface area contributed by atoms with Crippen molar-refractivity contribution in [3.8, 4) is 0 Å². The summed E-state index contributed by atoms with van der Waals surface area (Å²) in [5.74, 6) is 0. The molecule has 0 aromatic carbocycles. The molecule has 0 rings (SSSR count). The Morgan fingerprint density at radius 1 is 1.00 bits per heavy atom. The first-order valence-electron chi connectivity index (χ1n) is 4.12. The maximum Gasteiger partial charge on any atom is 0.337 e. The van der Waals surface area contributed by atoms with Gasteiger partial charge in [0.2, 0.25) is 0 Å². The van der Waals surface area contributed by atoms with Crippen LogP contribution < -0.4 is 5.73 Å². The molecule has 0 aliphatic heterocycles. The number of nitrogens with one attached hydrogen (secondary N) is 1. The van der Waals surface area contributed by atoms with Crippen molar-refractivity contribution in [1.82, 2.24) is 10.6 Å². The lowest BCUT2D eigenvalue weighted by molar-refractivity contribution is 0.0789. The average Bonchev–Trinajstić information content (AvgIpc) is 1.49. The number of rotatable bonds is 0. The molecule has 0 saturated carbocycles.